The van der Waals surface area contributed by atoms with E-state index in [0.717, 1.165) is 6.92 Å². The molecule has 2 aromatic rings. The highest BCUT2D eigenvalue weighted by Crippen LogP contribution is 2.39. The Kier molecular flexibility index (Phi) is 18.9. The summed E-state index contributed by atoms with van der Waals surface area (Å²) in [6.07, 6.45) is -5.43. The third-order valence-electron chi connectivity index (χ3n) is 12.5. The number of hydrogen-bond donors (Lipinski definition) is 3. The van der Waals surface area contributed by atoms with Crippen LogP contribution in [0.4, 0.5) is 10.2 Å². The SMILES string of the molecule is CCC(=O)N=C1[C@H](C)C[C@@](C)(O)[C@H](O[C@@H]2O[C@H](C)C[C@H](N(C)C)[C@H]2OC(C)=O)[C@@H](C)C(=O)[C@](C)(F)C(=O)O[C@H](CC)[C@@](C)(O)[C@H](OCC(CC)=NOCc2coc(-c3cccc(N)n3)n2)[C@H]1C. The standard InChI is InChI=1S/C47H71FN6O13/c1-14-30(53-63-24-31-23-62-42(50-31)32-18-17-19-35(49)51-32)22-61-41-27(6)37(52-36(56)16-3)25(4)21-45(9,59)40(67-43-38(65-29(8)55)33(54(12)13)20-26(5)64-43)28(7)39(57)46(10,48)44(58)66-34(15-2)47(41,11)60/h17-19,23,25-28,33-34,38,40-41,43,59-60H,14-16,20-22,24H2,1-13H3,(H2,49,51)/t25-,26-,27+,28+,33+,34-,38-,40-,41-,43+,45-,46+,47-/m1/s1. The van der Waals surface area contributed by atoms with Crippen molar-refractivity contribution in [3.8, 4) is 11.6 Å². The minimum Gasteiger partial charge on any atom is -0.457 e. The summed E-state index contributed by atoms with van der Waals surface area (Å²) in [5.41, 5.74) is -0.286. The number of amides is 1. The summed E-state index contributed by atoms with van der Waals surface area (Å²) in [6.45, 7) is 15.9. The van der Waals surface area contributed by atoms with Crippen LogP contribution in [0.5, 0.6) is 0 Å². The lowest BCUT2D eigenvalue weighted by molar-refractivity contribution is -0.295. The summed E-state index contributed by atoms with van der Waals surface area (Å²) < 4.78 is 53.2. The lowest BCUT2D eigenvalue weighted by atomic mass is 9.73. The number of nitrogens with two attached hydrogens (primary N) is 1. The van der Waals surface area contributed by atoms with E-state index in [4.69, 9.17) is 38.7 Å². The molecule has 1 amide bonds. The van der Waals surface area contributed by atoms with E-state index in [1.807, 2.05) is 4.90 Å². The number of hydrogen-bond acceptors (Lipinski definition) is 18. The van der Waals surface area contributed by atoms with Crippen molar-refractivity contribution in [1.29, 1.82) is 0 Å². The Hall–Kier alpha value is -4.73. The van der Waals surface area contributed by atoms with Gasteiger partial charge in [-0.3, -0.25) is 14.4 Å². The average Bonchev–Trinajstić information content (AvgIpc) is 3.73. The first-order chi connectivity index (χ1) is 31.3. The van der Waals surface area contributed by atoms with Gasteiger partial charge < -0.3 is 53.8 Å². The maximum Gasteiger partial charge on any atom is 0.351 e. The van der Waals surface area contributed by atoms with E-state index in [9.17, 15) is 29.4 Å². The molecular formula is C47H71FN6O13. The van der Waals surface area contributed by atoms with Crippen LogP contribution in [0.25, 0.3) is 11.6 Å². The van der Waals surface area contributed by atoms with E-state index >= 15 is 4.39 Å². The smallest absolute Gasteiger partial charge is 0.351 e. The molecule has 4 heterocycles. The number of Topliss-reactive ketones (excluding diaryl/α,β-unsaturated/α-hetero) is 1. The van der Waals surface area contributed by atoms with Gasteiger partial charge >= 0.3 is 11.9 Å². The maximum absolute atomic E-state index is 17.0. The van der Waals surface area contributed by atoms with E-state index in [0.29, 0.717) is 35.8 Å². The number of nitrogens with zero attached hydrogens (tertiary/aromatic N) is 5. The summed E-state index contributed by atoms with van der Waals surface area (Å²) in [6, 6.07) is 4.62. The van der Waals surface area contributed by atoms with Crippen LogP contribution in [0.1, 0.15) is 114 Å². The highest BCUT2D eigenvalue weighted by atomic mass is 19.1. The quantitative estimate of drug-likeness (QED) is 0.0954. The first-order valence-electron chi connectivity index (χ1n) is 22.9. The number of cyclic esters (lactones) is 1. The number of pyridine rings is 1. The molecule has 4 rings (SSSR count). The summed E-state index contributed by atoms with van der Waals surface area (Å²) in [4.78, 5) is 74.6. The first kappa shape index (κ1) is 54.9. The number of carbonyl (C=O) groups excluding carboxylic acids is 4. The second-order valence-electron chi connectivity index (χ2n) is 18.5. The largest absolute Gasteiger partial charge is 0.457 e. The third kappa shape index (κ3) is 13.5. The number of ketones is 1. The number of carbonyl (C=O) groups is 4. The summed E-state index contributed by atoms with van der Waals surface area (Å²) in [5.74, 6) is -6.82. The molecule has 0 aliphatic carbocycles. The highest BCUT2D eigenvalue weighted by molar-refractivity contribution is 6.08. The minimum absolute atomic E-state index is 0.0114. The van der Waals surface area contributed by atoms with Crippen LogP contribution < -0.4 is 5.73 Å². The lowest BCUT2D eigenvalue weighted by Crippen LogP contribution is -2.61. The number of alkyl halides is 1. The lowest BCUT2D eigenvalue weighted by Gasteiger charge is -2.47. The maximum atomic E-state index is 17.0. The van der Waals surface area contributed by atoms with Crippen molar-refractivity contribution in [3.05, 3.63) is 30.2 Å². The van der Waals surface area contributed by atoms with Crippen molar-refractivity contribution in [1.82, 2.24) is 14.9 Å². The van der Waals surface area contributed by atoms with Gasteiger partial charge in [0, 0.05) is 30.9 Å². The molecule has 67 heavy (non-hydrogen) atoms. The molecule has 4 N–H and O–H groups in total. The zero-order chi connectivity index (χ0) is 50.2. The van der Waals surface area contributed by atoms with E-state index < -0.39 is 101 Å². The Morgan fingerprint density at radius 1 is 1.01 bits per heavy atom. The monoisotopic (exact) mass is 947 g/mol. The number of aliphatic imine (C=N–C) groups is 1. The van der Waals surface area contributed by atoms with Crippen LogP contribution in [-0.2, 0) is 54.3 Å². The molecule has 19 nitrogen and oxygen atoms in total. The molecule has 374 valence electrons. The van der Waals surface area contributed by atoms with Gasteiger partial charge in [0.15, 0.2) is 24.8 Å². The first-order valence-corrected chi connectivity index (χ1v) is 22.9. The third-order valence-corrected chi connectivity index (χ3v) is 12.5. The normalized spacial score (nSPS) is 34.4. The summed E-state index contributed by atoms with van der Waals surface area (Å²) in [5, 5.41) is 29.4. The average molecular weight is 947 g/mol. The molecule has 13 atom stereocenters. The minimum atomic E-state index is -3.32. The van der Waals surface area contributed by atoms with E-state index in [2.05, 4.69) is 20.1 Å². The number of likely N-dealkylation sites (N-methyl/N-ethyl adjacent to an activating group) is 1. The topological polar surface area (TPSA) is 257 Å². The molecule has 0 saturated carbocycles. The number of halogens is 1. The van der Waals surface area contributed by atoms with Crippen LogP contribution in [0.15, 0.2) is 39.0 Å². The van der Waals surface area contributed by atoms with Crippen molar-refractivity contribution >= 4 is 40.9 Å². The molecule has 2 aliphatic rings. The Morgan fingerprint density at radius 3 is 2.30 bits per heavy atom. The molecule has 0 unspecified atom stereocenters. The van der Waals surface area contributed by atoms with Crippen molar-refractivity contribution in [3.63, 3.8) is 0 Å². The molecule has 0 radical (unpaired) electrons. The number of aliphatic hydroxyl groups is 2. The Morgan fingerprint density at radius 2 is 1.70 bits per heavy atom. The second-order valence-corrected chi connectivity index (χ2v) is 18.5. The Labute approximate surface area is 392 Å². The summed E-state index contributed by atoms with van der Waals surface area (Å²) >= 11 is 0. The van der Waals surface area contributed by atoms with Gasteiger partial charge in [0.1, 0.15) is 35.2 Å². The zero-order valence-electron chi connectivity index (χ0n) is 41.1. The van der Waals surface area contributed by atoms with Crippen LogP contribution in [0.2, 0.25) is 0 Å². The number of esters is 2. The molecule has 0 aromatic carbocycles. The van der Waals surface area contributed by atoms with Crippen molar-refractivity contribution in [2.45, 2.75) is 175 Å². The molecule has 0 bridgehead atoms. The molecule has 0 spiro atoms. The van der Waals surface area contributed by atoms with Crippen molar-refractivity contribution < 1.29 is 66.7 Å². The predicted octanol–water partition coefficient (Wildman–Crippen LogP) is 5.18. The fourth-order valence-electron chi connectivity index (χ4n) is 8.94. The highest BCUT2D eigenvalue weighted by Gasteiger charge is 2.56. The number of oxime groups is 1. The fourth-order valence-corrected chi connectivity index (χ4v) is 8.94. The van der Waals surface area contributed by atoms with E-state index in [1.54, 1.807) is 73.8 Å². The van der Waals surface area contributed by atoms with Gasteiger partial charge in [-0.15, -0.1) is 0 Å². The van der Waals surface area contributed by atoms with Gasteiger partial charge in [-0.05, 0) is 85.5 Å². The Bertz CT molecular complexity index is 2090. The zero-order valence-corrected chi connectivity index (χ0v) is 41.1. The predicted molar refractivity (Wildman–Crippen MR) is 244 cm³/mol. The molecule has 2 fully saturated rings. The van der Waals surface area contributed by atoms with E-state index in [-0.39, 0.29) is 44.1 Å². The van der Waals surface area contributed by atoms with Gasteiger partial charge in [-0.25, -0.2) is 24.1 Å². The van der Waals surface area contributed by atoms with Crippen LogP contribution in [0, 0.1) is 17.8 Å². The molecule has 2 saturated heterocycles. The molecule has 2 aromatic heterocycles. The number of anilines is 1. The van der Waals surface area contributed by atoms with Crippen molar-refractivity contribution in [2.24, 2.45) is 27.9 Å². The van der Waals surface area contributed by atoms with Gasteiger partial charge in [-0.2, -0.15) is 0 Å². The molecule has 2 aliphatic heterocycles. The van der Waals surface area contributed by atoms with Crippen molar-refractivity contribution in [2.75, 3.05) is 26.4 Å². The van der Waals surface area contributed by atoms with Crippen LogP contribution >= 0.6 is 0 Å². The van der Waals surface area contributed by atoms with Gasteiger partial charge in [-0.1, -0.05) is 52.8 Å². The fraction of sp³-hybridized carbons (Fsp3) is 0.702. The molecular weight excluding hydrogens is 876 g/mol. The van der Waals surface area contributed by atoms with E-state index in [1.165, 1.54) is 34.0 Å². The Balaban J connectivity index is 1.77. The van der Waals surface area contributed by atoms with Crippen LogP contribution in [0.3, 0.4) is 0 Å². The summed E-state index contributed by atoms with van der Waals surface area (Å²) in [7, 11) is 3.59. The molecule has 20 heteroatoms. The van der Waals surface area contributed by atoms with Crippen LogP contribution in [-0.4, -0.2) is 141 Å². The van der Waals surface area contributed by atoms with Gasteiger partial charge in [0.2, 0.25) is 11.8 Å². The number of aromatic nitrogens is 2. The van der Waals surface area contributed by atoms with Gasteiger partial charge in [0.05, 0.1) is 42.3 Å². The van der Waals surface area contributed by atoms with Gasteiger partial charge in [0.25, 0.3) is 5.67 Å². The number of oxazole rings is 1. The number of rotatable bonds is 14. The second kappa shape index (κ2) is 23.0. The number of nitrogen functional groups attached to an aromatic ring is 1. The number of ether oxygens (including phenoxy) is 5.